The molecule has 0 unspecified atom stereocenters. The predicted octanol–water partition coefficient (Wildman–Crippen LogP) is 2.95. The average Bonchev–Trinajstić information content (AvgIpc) is 2.01. The lowest BCUT2D eigenvalue weighted by Crippen LogP contribution is -1.92. The van der Waals surface area contributed by atoms with Crippen molar-refractivity contribution in [3.05, 3.63) is 29.6 Å². The fourth-order valence-corrected chi connectivity index (χ4v) is 2.34. The van der Waals surface area contributed by atoms with E-state index in [9.17, 15) is 4.57 Å². The van der Waals surface area contributed by atoms with Crippen molar-refractivity contribution in [1.82, 2.24) is 4.98 Å². The Morgan fingerprint density at radius 2 is 2.14 bits per heavy atom. The van der Waals surface area contributed by atoms with Crippen molar-refractivity contribution >= 4 is 7.14 Å². The van der Waals surface area contributed by atoms with Crippen LogP contribution in [-0.2, 0) is 11.0 Å². The Labute approximate surface area is 86.1 Å². The lowest BCUT2D eigenvalue weighted by atomic mass is 10.1. The van der Waals surface area contributed by atoms with Crippen LogP contribution in [0.4, 0.5) is 0 Å². The highest BCUT2D eigenvalue weighted by Crippen LogP contribution is 2.36. The smallest absolute Gasteiger partial charge is 0.0819 e. The number of aryl methyl sites for hydroxylation is 2. The first kappa shape index (κ1) is 11.5. The average molecular weight is 211 g/mol. The second-order valence-corrected chi connectivity index (χ2v) is 7.80. The summed E-state index contributed by atoms with van der Waals surface area (Å²) in [5.74, 6) is 0. The summed E-state index contributed by atoms with van der Waals surface area (Å²) < 4.78 is 11.5. The van der Waals surface area contributed by atoms with Crippen molar-refractivity contribution in [2.75, 3.05) is 19.5 Å². The van der Waals surface area contributed by atoms with E-state index in [4.69, 9.17) is 0 Å². The van der Waals surface area contributed by atoms with Crippen LogP contribution in [0, 0.1) is 6.92 Å². The van der Waals surface area contributed by atoms with E-state index in [0.717, 1.165) is 24.7 Å². The van der Waals surface area contributed by atoms with Gasteiger partial charge in [-0.2, -0.15) is 0 Å². The normalized spacial score (nSPS) is 11.6. The maximum atomic E-state index is 11.5. The van der Waals surface area contributed by atoms with Crippen molar-refractivity contribution in [2.45, 2.75) is 19.8 Å². The topological polar surface area (TPSA) is 30.0 Å². The van der Waals surface area contributed by atoms with Crippen LogP contribution >= 0.6 is 7.14 Å². The van der Waals surface area contributed by atoms with Crippen LogP contribution in [-0.4, -0.2) is 24.5 Å². The van der Waals surface area contributed by atoms with E-state index in [1.54, 1.807) is 0 Å². The third kappa shape index (κ3) is 4.57. The summed E-state index contributed by atoms with van der Waals surface area (Å²) in [5, 5.41) is 0. The highest BCUT2D eigenvalue weighted by Gasteiger charge is 2.06. The van der Waals surface area contributed by atoms with Crippen LogP contribution in [0.2, 0.25) is 0 Å². The van der Waals surface area contributed by atoms with Crippen LogP contribution in [0.25, 0.3) is 0 Å². The van der Waals surface area contributed by atoms with Gasteiger partial charge in [0, 0.05) is 18.1 Å². The van der Waals surface area contributed by atoms with Crippen molar-refractivity contribution in [3.8, 4) is 0 Å². The molecule has 0 radical (unpaired) electrons. The number of hydrogen-bond acceptors (Lipinski definition) is 2. The van der Waals surface area contributed by atoms with Gasteiger partial charge < -0.3 is 4.57 Å². The molecule has 1 aromatic heterocycles. The van der Waals surface area contributed by atoms with E-state index >= 15 is 0 Å². The fourth-order valence-electron chi connectivity index (χ4n) is 1.42. The van der Waals surface area contributed by atoms with Gasteiger partial charge in [-0.25, -0.2) is 0 Å². The third-order valence-corrected chi connectivity index (χ3v) is 3.52. The molecule has 1 rings (SSSR count). The van der Waals surface area contributed by atoms with Gasteiger partial charge in [0.15, 0.2) is 0 Å². The number of pyridine rings is 1. The van der Waals surface area contributed by atoms with Gasteiger partial charge in [-0.1, -0.05) is 0 Å². The molecular weight excluding hydrogens is 193 g/mol. The molecule has 0 amide bonds. The minimum Gasteiger partial charge on any atom is -0.324 e. The molecule has 0 saturated heterocycles. The van der Waals surface area contributed by atoms with E-state index < -0.39 is 7.14 Å². The van der Waals surface area contributed by atoms with Crippen LogP contribution in [0.1, 0.15) is 17.7 Å². The molecule has 0 fully saturated rings. The molecule has 0 aromatic carbocycles. The molecule has 1 heterocycles. The Morgan fingerprint density at radius 1 is 1.43 bits per heavy atom. The highest BCUT2D eigenvalue weighted by molar-refractivity contribution is 7.62. The van der Waals surface area contributed by atoms with Gasteiger partial charge in [-0.15, -0.1) is 0 Å². The highest BCUT2D eigenvalue weighted by atomic mass is 31.2. The number of nitrogens with zero attached hydrogens (tertiary/aromatic N) is 1. The maximum absolute atomic E-state index is 11.5. The van der Waals surface area contributed by atoms with Gasteiger partial charge in [-0.05, 0) is 50.8 Å². The molecule has 3 heteroatoms. The summed E-state index contributed by atoms with van der Waals surface area (Å²) in [4.78, 5) is 4.14. The number of rotatable bonds is 4. The quantitative estimate of drug-likeness (QED) is 0.717. The van der Waals surface area contributed by atoms with Gasteiger partial charge in [0.25, 0.3) is 0 Å². The predicted molar refractivity (Wildman–Crippen MR) is 61.6 cm³/mol. The van der Waals surface area contributed by atoms with E-state index in [1.807, 2.05) is 32.5 Å². The fraction of sp³-hybridized carbons (Fsp3) is 0.545. The summed E-state index contributed by atoms with van der Waals surface area (Å²) in [5.41, 5.74) is 2.35. The van der Waals surface area contributed by atoms with Gasteiger partial charge in [0.05, 0.1) is 7.14 Å². The Morgan fingerprint density at radius 3 is 2.71 bits per heavy atom. The first-order valence-corrected chi connectivity index (χ1v) is 7.71. The van der Waals surface area contributed by atoms with E-state index in [1.165, 1.54) is 5.56 Å². The maximum Gasteiger partial charge on any atom is 0.0819 e. The summed E-state index contributed by atoms with van der Waals surface area (Å²) in [6, 6.07) is 4.12. The molecule has 14 heavy (non-hydrogen) atoms. The Kier molecular flexibility index (Phi) is 3.88. The number of hydrogen-bond donors (Lipinski definition) is 0. The molecule has 2 nitrogen and oxygen atoms in total. The molecule has 78 valence electrons. The number of aromatic nitrogens is 1. The first-order valence-electron chi connectivity index (χ1n) is 4.93. The Balaban J connectivity index is 2.43. The van der Waals surface area contributed by atoms with E-state index in [0.29, 0.717) is 0 Å². The second kappa shape index (κ2) is 4.75. The largest absolute Gasteiger partial charge is 0.324 e. The Bertz CT molecular complexity index is 343. The Hall–Kier alpha value is -0.620. The van der Waals surface area contributed by atoms with Crippen molar-refractivity contribution in [1.29, 1.82) is 0 Å². The minimum absolute atomic E-state index is 0.842. The van der Waals surface area contributed by atoms with Gasteiger partial charge >= 0.3 is 0 Å². The molecule has 0 N–H and O–H groups in total. The zero-order chi connectivity index (χ0) is 10.6. The minimum atomic E-state index is -1.83. The molecular formula is C11H18NOP. The zero-order valence-electron chi connectivity index (χ0n) is 9.16. The summed E-state index contributed by atoms with van der Waals surface area (Å²) in [6.45, 7) is 5.70. The van der Waals surface area contributed by atoms with E-state index in [-0.39, 0.29) is 0 Å². The third-order valence-electron chi connectivity index (χ3n) is 2.12. The van der Waals surface area contributed by atoms with Gasteiger partial charge in [0.2, 0.25) is 0 Å². The summed E-state index contributed by atoms with van der Waals surface area (Å²) >= 11 is 0. The van der Waals surface area contributed by atoms with Crippen LogP contribution in [0.5, 0.6) is 0 Å². The summed E-state index contributed by atoms with van der Waals surface area (Å²) in [7, 11) is -1.83. The van der Waals surface area contributed by atoms with Gasteiger partial charge in [-0.3, -0.25) is 4.98 Å². The zero-order valence-corrected chi connectivity index (χ0v) is 10.1. The molecule has 0 aliphatic heterocycles. The molecule has 0 aliphatic rings. The molecule has 0 aliphatic carbocycles. The monoisotopic (exact) mass is 211 g/mol. The SMILES string of the molecule is Cc1cc(CCCP(C)(C)=O)ccn1. The first-order chi connectivity index (χ1) is 6.47. The lowest BCUT2D eigenvalue weighted by Gasteiger charge is -2.06. The van der Waals surface area contributed by atoms with Gasteiger partial charge in [0.1, 0.15) is 0 Å². The molecule has 0 spiro atoms. The van der Waals surface area contributed by atoms with Crippen molar-refractivity contribution in [3.63, 3.8) is 0 Å². The van der Waals surface area contributed by atoms with Crippen LogP contribution < -0.4 is 0 Å². The van der Waals surface area contributed by atoms with Crippen LogP contribution in [0.15, 0.2) is 18.3 Å². The molecule has 0 atom stereocenters. The van der Waals surface area contributed by atoms with Crippen LogP contribution in [0.3, 0.4) is 0 Å². The van der Waals surface area contributed by atoms with E-state index in [2.05, 4.69) is 11.1 Å². The van der Waals surface area contributed by atoms with Crippen molar-refractivity contribution < 1.29 is 4.57 Å². The molecule has 1 aromatic rings. The molecule has 0 saturated carbocycles. The van der Waals surface area contributed by atoms with Crippen molar-refractivity contribution in [2.24, 2.45) is 0 Å². The molecule has 0 bridgehead atoms. The standard InChI is InChI=1S/C11H18NOP/c1-10-9-11(6-7-12-10)5-4-8-14(2,3)13/h6-7,9H,4-5,8H2,1-3H3. The second-order valence-electron chi connectivity index (χ2n) is 4.21. The lowest BCUT2D eigenvalue weighted by molar-refractivity contribution is 0.580. The summed E-state index contributed by atoms with van der Waals surface area (Å²) in [6.07, 6.45) is 4.69.